The predicted octanol–water partition coefficient (Wildman–Crippen LogP) is 1.95. The van der Waals surface area contributed by atoms with Gasteiger partial charge in [0, 0.05) is 25.0 Å². The van der Waals surface area contributed by atoms with Gasteiger partial charge in [0.25, 0.3) is 5.91 Å². The highest BCUT2D eigenvalue weighted by Gasteiger charge is 2.27. The van der Waals surface area contributed by atoms with Crippen LogP contribution in [0.4, 0.5) is 0 Å². The second kappa shape index (κ2) is 7.72. The van der Waals surface area contributed by atoms with Gasteiger partial charge in [-0.3, -0.25) is 4.79 Å². The summed E-state index contributed by atoms with van der Waals surface area (Å²) < 4.78 is 11.3. The molecular formula is C17H20N4O3. The fourth-order valence-corrected chi connectivity index (χ4v) is 2.72. The van der Waals surface area contributed by atoms with Crippen molar-refractivity contribution in [1.82, 2.24) is 20.1 Å². The number of carbonyl (C=O) groups excluding carboxylic acids is 1. The maximum Gasteiger partial charge on any atom is 0.259 e. The normalized spacial score (nSPS) is 17.4. The van der Waals surface area contributed by atoms with Crippen LogP contribution in [0.3, 0.4) is 0 Å². The van der Waals surface area contributed by atoms with Crippen LogP contribution in [0.15, 0.2) is 36.7 Å². The van der Waals surface area contributed by atoms with E-state index < -0.39 is 0 Å². The predicted molar refractivity (Wildman–Crippen MR) is 87.0 cm³/mol. The van der Waals surface area contributed by atoms with E-state index in [0.717, 1.165) is 12.8 Å². The summed E-state index contributed by atoms with van der Waals surface area (Å²) >= 11 is 0. The third-order valence-corrected chi connectivity index (χ3v) is 3.78. The van der Waals surface area contributed by atoms with Crippen LogP contribution in [0.1, 0.15) is 30.1 Å². The smallest absolute Gasteiger partial charge is 0.259 e. The minimum absolute atomic E-state index is 0.0843. The molecule has 0 saturated carbocycles. The molecule has 0 unspecified atom stereocenters. The van der Waals surface area contributed by atoms with Gasteiger partial charge in [-0.05, 0) is 38.0 Å². The Morgan fingerprint density at radius 3 is 3.00 bits per heavy atom. The Morgan fingerprint density at radius 2 is 2.21 bits per heavy atom. The standard InChI is InChI=1S/C17H20N4O3/c1-2-23-16-14(7-3-9-18-16)17(22)21-11-5-6-13(12-21)24-15-8-4-10-19-20-15/h3-4,7-10,13H,2,5-6,11-12H2,1H3/t13-/m1/s1. The summed E-state index contributed by atoms with van der Waals surface area (Å²) in [6, 6.07) is 7.03. The Morgan fingerprint density at radius 1 is 1.33 bits per heavy atom. The molecule has 2 aromatic heterocycles. The zero-order valence-electron chi connectivity index (χ0n) is 13.6. The highest BCUT2D eigenvalue weighted by molar-refractivity contribution is 5.96. The Balaban J connectivity index is 1.69. The molecular weight excluding hydrogens is 308 g/mol. The van der Waals surface area contributed by atoms with Crippen LogP contribution in [0.25, 0.3) is 0 Å². The number of hydrogen-bond donors (Lipinski definition) is 0. The van der Waals surface area contributed by atoms with Crippen LogP contribution < -0.4 is 9.47 Å². The summed E-state index contributed by atoms with van der Waals surface area (Å²) in [4.78, 5) is 18.7. The molecule has 3 heterocycles. The Kier molecular flexibility index (Phi) is 5.20. The topological polar surface area (TPSA) is 77.4 Å². The number of amides is 1. The number of aromatic nitrogens is 3. The number of pyridine rings is 1. The van der Waals surface area contributed by atoms with Crippen molar-refractivity contribution in [3.8, 4) is 11.8 Å². The highest BCUT2D eigenvalue weighted by Crippen LogP contribution is 2.21. The highest BCUT2D eigenvalue weighted by atomic mass is 16.5. The minimum Gasteiger partial charge on any atom is -0.477 e. The summed E-state index contributed by atoms with van der Waals surface area (Å²) in [7, 11) is 0. The van der Waals surface area contributed by atoms with Crippen molar-refractivity contribution in [2.45, 2.75) is 25.9 Å². The molecule has 1 aliphatic heterocycles. The molecule has 0 aliphatic carbocycles. The molecule has 0 radical (unpaired) electrons. The molecule has 126 valence electrons. The molecule has 24 heavy (non-hydrogen) atoms. The van der Waals surface area contributed by atoms with E-state index in [-0.39, 0.29) is 12.0 Å². The van der Waals surface area contributed by atoms with Gasteiger partial charge < -0.3 is 14.4 Å². The number of rotatable bonds is 5. The minimum atomic E-state index is -0.0911. The molecule has 7 heteroatoms. The first-order chi connectivity index (χ1) is 11.8. The van der Waals surface area contributed by atoms with Gasteiger partial charge in [0.2, 0.25) is 11.8 Å². The molecule has 0 aromatic carbocycles. The van der Waals surface area contributed by atoms with E-state index in [2.05, 4.69) is 15.2 Å². The largest absolute Gasteiger partial charge is 0.477 e. The maximum absolute atomic E-state index is 12.8. The lowest BCUT2D eigenvalue weighted by Gasteiger charge is -2.32. The zero-order chi connectivity index (χ0) is 16.8. The van der Waals surface area contributed by atoms with Crippen LogP contribution in [0.5, 0.6) is 11.8 Å². The summed E-state index contributed by atoms with van der Waals surface area (Å²) in [5.41, 5.74) is 0.486. The third kappa shape index (κ3) is 3.79. The van der Waals surface area contributed by atoms with Gasteiger partial charge in [-0.1, -0.05) is 0 Å². The summed E-state index contributed by atoms with van der Waals surface area (Å²) in [6.45, 7) is 3.54. The van der Waals surface area contributed by atoms with Gasteiger partial charge in [0.15, 0.2) is 0 Å². The lowest BCUT2D eigenvalue weighted by molar-refractivity contribution is 0.0521. The molecule has 0 bridgehead atoms. The summed E-state index contributed by atoms with van der Waals surface area (Å²) in [5.74, 6) is 0.772. The average Bonchev–Trinajstić information content (AvgIpc) is 2.63. The van der Waals surface area contributed by atoms with E-state index in [4.69, 9.17) is 9.47 Å². The zero-order valence-corrected chi connectivity index (χ0v) is 13.6. The van der Waals surface area contributed by atoms with Crippen molar-refractivity contribution in [3.63, 3.8) is 0 Å². The molecule has 1 atom stereocenters. The van der Waals surface area contributed by atoms with E-state index in [0.29, 0.717) is 37.0 Å². The van der Waals surface area contributed by atoms with E-state index in [1.165, 1.54) is 0 Å². The number of hydrogen-bond acceptors (Lipinski definition) is 6. The van der Waals surface area contributed by atoms with Gasteiger partial charge in [-0.2, -0.15) is 5.10 Å². The first-order valence-corrected chi connectivity index (χ1v) is 8.09. The number of nitrogens with zero attached hydrogens (tertiary/aromatic N) is 4. The first kappa shape index (κ1) is 16.2. The van der Waals surface area contributed by atoms with Crippen molar-refractivity contribution >= 4 is 5.91 Å². The molecule has 7 nitrogen and oxygen atoms in total. The SMILES string of the molecule is CCOc1ncccc1C(=O)N1CCC[C@@H](Oc2cccnn2)C1. The number of piperidine rings is 1. The molecule has 1 amide bonds. The number of likely N-dealkylation sites (tertiary alicyclic amines) is 1. The van der Waals surface area contributed by atoms with Gasteiger partial charge in [-0.25, -0.2) is 4.98 Å². The van der Waals surface area contributed by atoms with Crippen LogP contribution >= 0.6 is 0 Å². The summed E-state index contributed by atoms with van der Waals surface area (Å²) in [5, 5.41) is 7.74. The Labute approximate surface area is 140 Å². The van der Waals surface area contributed by atoms with Crippen molar-refractivity contribution in [1.29, 1.82) is 0 Å². The monoisotopic (exact) mass is 328 g/mol. The lowest BCUT2D eigenvalue weighted by atomic mass is 10.1. The van der Waals surface area contributed by atoms with Crippen LogP contribution in [-0.2, 0) is 0 Å². The fourth-order valence-electron chi connectivity index (χ4n) is 2.72. The van der Waals surface area contributed by atoms with Crippen molar-refractivity contribution in [2.75, 3.05) is 19.7 Å². The number of carbonyl (C=O) groups is 1. The van der Waals surface area contributed by atoms with Crippen LogP contribution in [-0.4, -0.2) is 51.8 Å². The molecule has 3 rings (SSSR count). The van der Waals surface area contributed by atoms with E-state index in [1.807, 2.05) is 6.92 Å². The molecule has 1 aliphatic rings. The van der Waals surface area contributed by atoms with Gasteiger partial charge in [0.05, 0.1) is 13.2 Å². The molecule has 0 spiro atoms. The quantitative estimate of drug-likeness (QED) is 0.835. The van der Waals surface area contributed by atoms with Gasteiger partial charge >= 0.3 is 0 Å². The van der Waals surface area contributed by atoms with Crippen molar-refractivity contribution in [3.05, 3.63) is 42.2 Å². The Hall–Kier alpha value is -2.70. The van der Waals surface area contributed by atoms with Crippen molar-refractivity contribution in [2.24, 2.45) is 0 Å². The maximum atomic E-state index is 12.8. The van der Waals surface area contributed by atoms with E-state index in [9.17, 15) is 4.79 Å². The van der Waals surface area contributed by atoms with Crippen LogP contribution in [0.2, 0.25) is 0 Å². The van der Waals surface area contributed by atoms with E-state index in [1.54, 1.807) is 41.6 Å². The molecule has 1 saturated heterocycles. The van der Waals surface area contributed by atoms with Gasteiger partial charge in [-0.15, -0.1) is 5.10 Å². The van der Waals surface area contributed by atoms with Gasteiger partial charge in [0.1, 0.15) is 11.7 Å². The first-order valence-electron chi connectivity index (χ1n) is 8.09. The molecule has 0 N–H and O–H groups in total. The van der Waals surface area contributed by atoms with E-state index >= 15 is 0 Å². The summed E-state index contributed by atoms with van der Waals surface area (Å²) in [6.07, 6.45) is 4.89. The molecule has 2 aromatic rings. The lowest BCUT2D eigenvalue weighted by Crippen LogP contribution is -2.44. The third-order valence-electron chi connectivity index (χ3n) is 3.78. The second-order valence-corrected chi connectivity index (χ2v) is 5.48. The second-order valence-electron chi connectivity index (χ2n) is 5.48. The van der Waals surface area contributed by atoms with Crippen molar-refractivity contribution < 1.29 is 14.3 Å². The number of ether oxygens (including phenoxy) is 2. The van der Waals surface area contributed by atoms with Crippen LogP contribution in [0, 0.1) is 0 Å². The molecule has 1 fully saturated rings. The Bertz CT molecular complexity index is 681. The average molecular weight is 328 g/mol. The fraction of sp³-hybridized carbons (Fsp3) is 0.412.